The summed E-state index contributed by atoms with van der Waals surface area (Å²) in [5.74, 6) is -1.31. The van der Waals surface area contributed by atoms with E-state index in [0.29, 0.717) is 11.4 Å². The molecule has 0 unspecified atom stereocenters. The van der Waals surface area contributed by atoms with Crippen molar-refractivity contribution in [2.24, 2.45) is 0 Å². The molecule has 3 rings (SSSR count). The number of hydrogen-bond acceptors (Lipinski definition) is 4. The molecule has 0 bridgehead atoms. The number of anilines is 3. The third-order valence-corrected chi connectivity index (χ3v) is 4.85. The lowest BCUT2D eigenvalue weighted by Gasteiger charge is -2.29. The summed E-state index contributed by atoms with van der Waals surface area (Å²) in [5.41, 5.74) is 2.06. The Morgan fingerprint density at radius 3 is 2.70 bits per heavy atom. The van der Waals surface area contributed by atoms with Crippen LogP contribution >= 0.6 is 0 Å². The lowest BCUT2D eigenvalue weighted by molar-refractivity contribution is -0.121. The molecule has 0 aromatic heterocycles. The fourth-order valence-electron chi connectivity index (χ4n) is 3.49. The smallest absolute Gasteiger partial charge is 0.241 e. The van der Waals surface area contributed by atoms with Crippen molar-refractivity contribution in [3.8, 4) is 0 Å². The van der Waals surface area contributed by atoms with Crippen molar-refractivity contribution >= 4 is 34.8 Å². The van der Waals surface area contributed by atoms with Crippen LogP contribution in [-0.2, 0) is 14.4 Å². The molecule has 1 atom stereocenters. The van der Waals surface area contributed by atoms with Gasteiger partial charge in [-0.15, -0.1) is 0 Å². The highest BCUT2D eigenvalue weighted by atomic mass is 19.1. The molecule has 0 fully saturated rings. The number of benzene rings is 2. The molecule has 0 spiro atoms. The van der Waals surface area contributed by atoms with Gasteiger partial charge in [0.15, 0.2) is 0 Å². The Balaban J connectivity index is 1.66. The number of likely N-dealkylation sites (N-methyl/N-ethyl adjacent to an activating group) is 1. The van der Waals surface area contributed by atoms with E-state index in [2.05, 4.69) is 10.6 Å². The maximum atomic E-state index is 13.9. The summed E-state index contributed by atoms with van der Waals surface area (Å²) in [5, 5.41) is 5.34. The first-order chi connectivity index (χ1) is 14.2. The van der Waals surface area contributed by atoms with Gasteiger partial charge in [-0.2, -0.15) is 0 Å². The van der Waals surface area contributed by atoms with E-state index in [0.717, 1.165) is 5.56 Å². The summed E-state index contributed by atoms with van der Waals surface area (Å²) in [6, 6.07) is 11.4. The minimum atomic E-state index is -0.505. The highest BCUT2D eigenvalue weighted by molar-refractivity contribution is 6.05. The van der Waals surface area contributed by atoms with Crippen LogP contribution in [0.4, 0.5) is 21.5 Å². The second-order valence-corrected chi connectivity index (χ2v) is 7.59. The van der Waals surface area contributed by atoms with Crippen molar-refractivity contribution in [1.82, 2.24) is 4.90 Å². The Morgan fingerprint density at radius 2 is 1.97 bits per heavy atom. The Morgan fingerprint density at radius 1 is 1.23 bits per heavy atom. The number of aryl methyl sites for hydroxylation is 1. The monoisotopic (exact) mass is 412 g/mol. The minimum absolute atomic E-state index is 0.0311. The van der Waals surface area contributed by atoms with Crippen LogP contribution in [0.25, 0.3) is 0 Å². The number of carbonyl (C=O) groups is 3. The Kier molecular flexibility index (Phi) is 6.47. The average molecular weight is 412 g/mol. The van der Waals surface area contributed by atoms with Gasteiger partial charge in [0.2, 0.25) is 17.7 Å². The second-order valence-electron chi connectivity index (χ2n) is 7.59. The van der Waals surface area contributed by atoms with Crippen molar-refractivity contribution in [1.29, 1.82) is 0 Å². The molecule has 2 aromatic carbocycles. The van der Waals surface area contributed by atoms with Gasteiger partial charge in [0.05, 0.1) is 30.2 Å². The van der Waals surface area contributed by atoms with E-state index < -0.39 is 11.7 Å². The van der Waals surface area contributed by atoms with Gasteiger partial charge in [-0.05, 0) is 50.7 Å². The second kappa shape index (κ2) is 9.04. The lowest BCUT2D eigenvalue weighted by Crippen LogP contribution is -2.45. The molecule has 8 heteroatoms. The maximum absolute atomic E-state index is 13.9. The topological polar surface area (TPSA) is 81.8 Å². The van der Waals surface area contributed by atoms with Crippen LogP contribution in [0.1, 0.15) is 18.9 Å². The van der Waals surface area contributed by atoms with Crippen LogP contribution in [0.2, 0.25) is 0 Å². The first kappa shape index (κ1) is 21.4. The van der Waals surface area contributed by atoms with Crippen molar-refractivity contribution in [3.05, 3.63) is 53.8 Å². The molecule has 30 heavy (non-hydrogen) atoms. The van der Waals surface area contributed by atoms with Gasteiger partial charge in [-0.25, -0.2) is 4.39 Å². The quantitative estimate of drug-likeness (QED) is 0.791. The summed E-state index contributed by atoms with van der Waals surface area (Å²) < 4.78 is 13.9. The Hall–Kier alpha value is -3.26. The molecule has 1 aliphatic rings. The fraction of sp³-hybridized carbons (Fsp3) is 0.318. The molecule has 2 aromatic rings. The van der Waals surface area contributed by atoms with Crippen LogP contribution in [0.15, 0.2) is 42.5 Å². The van der Waals surface area contributed by atoms with E-state index in [1.807, 2.05) is 6.92 Å². The zero-order valence-corrected chi connectivity index (χ0v) is 17.2. The van der Waals surface area contributed by atoms with Gasteiger partial charge in [0.1, 0.15) is 5.82 Å². The molecule has 3 amide bonds. The van der Waals surface area contributed by atoms with Crippen molar-refractivity contribution < 1.29 is 18.8 Å². The molecule has 158 valence electrons. The first-order valence-corrected chi connectivity index (χ1v) is 9.70. The molecule has 0 aliphatic carbocycles. The third-order valence-electron chi connectivity index (χ3n) is 4.85. The molecule has 0 saturated heterocycles. The van der Waals surface area contributed by atoms with E-state index in [1.165, 1.54) is 12.1 Å². The maximum Gasteiger partial charge on any atom is 0.241 e. The lowest BCUT2D eigenvalue weighted by atomic mass is 10.1. The molecule has 7 nitrogen and oxygen atoms in total. The number of carbonyl (C=O) groups excluding carboxylic acids is 3. The fourth-order valence-corrected chi connectivity index (χ4v) is 3.49. The number of nitrogens with zero attached hydrogens (tertiary/aromatic N) is 2. The Bertz CT molecular complexity index is 979. The molecular weight excluding hydrogens is 387 g/mol. The highest BCUT2D eigenvalue weighted by Crippen LogP contribution is 2.31. The number of hydrogen-bond donors (Lipinski definition) is 2. The number of amides is 3. The van der Waals surface area contributed by atoms with E-state index in [-0.39, 0.29) is 43.1 Å². The molecule has 2 N–H and O–H groups in total. The Labute approximate surface area is 174 Å². The molecule has 0 saturated carbocycles. The van der Waals surface area contributed by atoms with Gasteiger partial charge in [-0.3, -0.25) is 19.3 Å². The molecular formula is C22H25FN4O3. The van der Waals surface area contributed by atoms with Crippen LogP contribution in [0.5, 0.6) is 0 Å². The average Bonchev–Trinajstić information content (AvgIpc) is 2.77. The van der Waals surface area contributed by atoms with Crippen LogP contribution < -0.4 is 15.5 Å². The zero-order valence-electron chi connectivity index (χ0n) is 17.2. The van der Waals surface area contributed by atoms with Crippen LogP contribution in [0.3, 0.4) is 0 Å². The van der Waals surface area contributed by atoms with Gasteiger partial charge in [-0.1, -0.05) is 18.2 Å². The van der Waals surface area contributed by atoms with E-state index in [1.54, 1.807) is 54.1 Å². The summed E-state index contributed by atoms with van der Waals surface area (Å²) >= 11 is 0. The summed E-state index contributed by atoms with van der Waals surface area (Å²) in [7, 11) is 1.64. The van der Waals surface area contributed by atoms with Gasteiger partial charge in [0.25, 0.3) is 0 Å². The SMILES string of the molecule is Cc1ccc(NC(=O)CN(C)CC(=O)N2c3ccccc3NC(=O)C[C@@H]2C)c(F)c1. The summed E-state index contributed by atoms with van der Waals surface area (Å²) in [4.78, 5) is 40.5. The van der Waals surface area contributed by atoms with E-state index in [4.69, 9.17) is 0 Å². The number of rotatable bonds is 5. The van der Waals surface area contributed by atoms with Crippen molar-refractivity contribution in [2.45, 2.75) is 26.3 Å². The first-order valence-electron chi connectivity index (χ1n) is 9.70. The highest BCUT2D eigenvalue weighted by Gasteiger charge is 2.30. The standard InChI is InChI=1S/C22H25FN4O3/c1-14-8-9-17(16(23)10-14)24-21(29)12-26(3)13-22(30)27-15(2)11-20(28)25-18-6-4-5-7-19(18)27/h4-10,15H,11-13H2,1-3H3,(H,24,29)(H,25,28)/t15-/m0/s1. The van der Waals surface area contributed by atoms with Crippen LogP contribution in [-0.4, -0.2) is 48.8 Å². The summed E-state index contributed by atoms with van der Waals surface area (Å²) in [6.07, 6.45) is 0.178. The predicted octanol–water partition coefficient (Wildman–Crippen LogP) is 2.77. The normalized spacial score (nSPS) is 16.0. The largest absolute Gasteiger partial charge is 0.324 e. The number of para-hydroxylation sites is 2. The number of nitrogens with one attached hydrogen (secondary N) is 2. The van der Waals surface area contributed by atoms with E-state index >= 15 is 0 Å². The molecule has 0 radical (unpaired) electrons. The third kappa shape index (κ3) is 5.01. The number of halogens is 1. The van der Waals surface area contributed by atoms with Crippen molar-refractivity contribution in [2.75, 3.05) is 35.7 Å². The van der Waals surface area contributed by atoms with Gasteiger partial charge < -0.3 is 15.5 Å². The van der Waals surface area contributed by atoms with Crippen LogP contribution in [0, 0.1) is 12.7 Å². The molecule has 1 aliphatic heterocycles. The number of fused-ring (bicyclic) bond motifs is 1. The zero-order chi connectivity index (χ0) is 21.8. The minimum Gasteiger partial charge on any atom is -0.324 e. The van der Waals surface area contributed by atoms with Gasteiger partial charge in [0, 0.05) is 12.5 Å². The van der Waals surface area contributed by atoms with Crippen molar-refractivity contribution in [3.63, 3.8) is 0 Å². The van der Waals surface area contributed by atoms with E-state index in [9.17, 15) is 18.8 Å². The summed E-state index contributed by atoms with van der Waals surface area (Å²) in [6.45, 7) is 3.46. The predicted molar refractivity (Wildman–Crippen MR) is 114 cm³/mol. The molecule has 1 heterocycles. The van der Waals surface area contributed by atoms with Gasteiger partial charge >= 0.3 is 0 Å².